The lowest BCUT2D eigenvalue weighted by Gasteiger charge is -2.28. The molecular weight excluding hydrogens is 336 g/mol. The van der Waals surface area contributed by atoms with Gasteiger partial charge < -0.3 is 10.2 Å². The molecule has 0 unspecified atom stereocenters. The normalized spacial score (nSPS) is 11.6. The predicted octanol–water partition coefficient (Wildman–Crippen LogP) is 3.44. The number of likely N-dealkylation sites (N-methyl/N-ethyl adjacent to an activating group) is 1. The average molecular weight is 359 g/mol. The summed E-state index contributed by atoms with van der Waals surface area (Å²) in [6.07, 6.45) is 0.849. The molecule has 0 saturated heterocycles. The molecule has 0 aliphatic carbocycles. The second-order valence-electron chi connectivity index (χ2n) is 5.89. The number of aryl methyl sites for hydroxylation is 1. The quantitative estimate of drug-likeness (QED) is 0.824. The number of amides is 2. The van der Waals surface area contributed by atoms with Gasteiger partial charge in [0.1, 0.15) is 6.04 Å². The maximum absolute atomic E-state index is 12.8. The third-order valence-corrected chi connectivity index (χ3v) is 4.54. The summed E-state index contributed by atoms with van der Waals surface area (Å²) < 4.78 is 0. The smallest absolute Gasteiger partial charge is 0.242 e. The van der Waals surface area contributed by atoms with Gasteiger partial charge in [0, 0.05) is 25.0 Å². The Morgan fingerprint density at radius 2 is 1.72 bits per heavy atom. The number of carbonyl (C=O) groups is 2. The summed E-state index contributed by atoms with van der Waals surface area (Å²) in [5.74, 6) is -0.248. The Bertz CT molecular complexity index is 719. The molecule has 0 saturated carbocycles. The van der Waals surface area contributed by atoms with Crippen molar-refractivity contribution in [2.24, 2.45) is 0 Å². The fourth-order valence-corrected chi connectivity index (χ4v) is 2.89. The summed E-state index contributed by atoms with van der Waals surface area (Å²) in [6, 6.07) is 16.6. The van der Waals surface area contributed by atoms with Crippen molar-refractivity contribution in [1.29, 1.82) is 0 Å². The van der Waals surface area contributed by atoms with Crippen molar-refractivity contribution in [2.75, 3.05) is 7.05 Å². The van der Waals surface area contributed by atoms with Gasteiger partial charge in [-0.2, -0.15) is 0 Å². The zero-order valence-electron chi connectivity index (χ0n) is 14.5. The summed E-state index contributed by atoms with van der Waals surface area (Å²) in [4.78, 5) is 26.5. The highest BCUT2D eigenvalue weighted by Gasteiger charge is 2.25. The first-order chi connectivity index (χ1) is 12.0. The van der Waals surface area contributed by atoms with Gasteiger partial charge in [0.15, 0.2) is 0 Å². The van der Waals surface area contributed by atoms with E-state index in [-0.39, 0.29) is 11.8 Å². The monoisotopic (exact) mass is 358 g/mol. The fourth-order valence-electron chi connectivity index (χ4n) is 2.66. The maximum atomic E-state index is 12.8. The first-order valence-electron chi connectivity index (χ1n) is 8.31. The molecule has 0 aromatic heterocycles. The van der Waals surface area contributed by atoms with E-state index >= 15 is 0 Å². The first kappa shape index (κ1) is 19.0. The van der Waals surface area contributed by atoms with Crippen molar-refractivity contribution in [3.05, 3.63) is 70.7 Å². The predicted molar refractivity (Wildman–Crippen MR) is 100 cm³/mol. The van der Waals surface area contributed by atoms with E-state index in [1.165, 1.54) is 0 Å². The molecule has 0 fully saturated rings. The Labute approximate surface area is 153 Å². The number of rotatable bonds is 7. The van der Waals surface area contributed by atoms with E-state index in [0.717, 1.165) is 11.1 Å². The molecule has 0 radical (unpaired) electrons. The van der Waals surface area contributed by atoms with Crippen molar-refractivity contribution < 1.29 is 9.59 Å². The number of halogens is 1. The molecule has 1 atom stereocenters. The minimum atomic E-state index is -0.538. The Balaban J connectivity index is 2.11. The summed E-state index contributed by atoms with van der Waals surface area (Å²) in [7, 11) is 1.58. The summed E-state index contributed by atoms with van der Waals surface area (Å²) in [5.41, 5.74) is 1.93. The molecule has 25 heavy (non-hydrogen) atoms. The van der Waals surface area contributed by atoms with E-state index in [1.807, 2.05) is 54.6 Å². The van der Waals surface area contributed by atoms with Gasteiger partial charge in [-0.1, -0.05) is 60.1 Å². The van der Waals surface area contributed by atoms with Gasteiger partial charge in [-0.3, -0.25) is 9.59 Å². The third-order valence-electron chi connectivity index (χ3n) is 4.18. The molecule has 0 spiro atoms. The second kappa shape index (κ2) is 9.23. The van der Waals surface area contributed by atoms with E-state index in [9.17, 15) is 9.59 Å². The average Bonchev–Trinajstić information content (AvgIpc) is 2.64. The first-order valence-corrected chi connectivity index (χ1v) is 8.69. The molecule has 132 valence electrons. The number of nitrogens with one attached hydrogen (secondary N) is 1. The Hall–Kier alpha value is -2.33. The number of hydrogen-bond donors (Lipinski definition) is 1. The van der Waals surface area contributed by atoms with E-state index in [1.54, 1.807) is 18.9 Å². The van der Waals surface area contributed by atoms with Crippen LogP contribution in [0.4, 0.5) is 0 Å². The van der Waals surface area contributed by atoms with Crippen LogP contribution in [-0.2, 0) is 22.6 Å². The molecule has 0 heterocycles. The van der Waals surface area contributed by atoms with Crippen LogP contribution in [0.15, 0.2) is 54.6 Å². The molecule has 5 heteroatoms. The highest BCUT2D eigenvalue weighted by atomic mass is 35.5. The Morgan fingerprint density at radius 1 is 1.08 bits per heavy atom. The molecule has 0 bridgehead atoms. The molecular formula is C20H23ClN2O2. The van der Waals surface area contributed by atoms with Crippen molar-refractivity contribution in [3.8, 4) is 0 Å². The molecule has 2 amide bonds. The Kier molecular flexibility index (Phi) is 7.02. The highest BCUT2D eigenvalue weighted by Crippen LogP contribution is 2.18. The summed E-state index contributed by atoms with van der Waals surface area (Å²) in [5, 5.41) is 3.27. The maximum Gasteiger partial charge on any atom is 0.242 e. The summed E-state index contributed by atoms with van der Waals surface area (Å²) >= 11 is 6.16. The van der Waals surface area contributed by atoms with Crippen molar-refractivity contribution >= 4 is 23.4 Å². The molecule has 1 N–H and O–H groups in total. The minimum Gasteiger partial charge on any atom is -0.357 e. The van der Waals surface area contributed by atoms with Crippen LogP contribution in [0, 0.1) is 0 Å². The molecule has 2 rings (SSSR count). The second-order valence-corrected chi connectivity index (χ2v) is 6.30. The number of hydrogen-bond acceptors (Lipinski definition) is 2. The lowest BCUT2D eigenvalue weighted by molar-refractivity contribution is -0.140. The molecule has 0 aliphatic rings. The van der Waals surface area contributed by atoms with Gasteiger partial charge in [-0.05, 0) is 30.5 Å². The van der Waals surface area contributed by atoms with Crippen LogP contribution in [0.3, 0.4) is 0 Å². The SMILES string of the molecule is CNC(=O)[C@@H](C)N(Cc1ccccc1)C(=O)CCc1ccccc1Cl. The largest absolute Gasteiger partial charge is 0.357 e. The van der Waals surface area contributed by atoms with Gasteiger partial charge >= 0.3 is 0 Å². The molecule has 4 nitrogen and oxygen atoms in total. The molecule has 2 aromatic rings. The third kappa shape index (κ3) is 5.33. The number of nitrogens with zero attached hydrogens (tertiary/aromatic N) is 1. The minimum absolute atomic E-state index is 0.0696. The number of benzene rings is 2. The summed E-state index contributed by atoms with van der Waals surface area (Å²) in [6.45, 7) is 2.14. The molecule has 0 aliphatic heterocycles. The van der Waals surface area contributed by atoms with Crippen LogP contribution >= 0.6 is 11.6 Å². The van der Waals surface area contributed by atoms with Gasteiger partial charge in [0.2, 0.25) is 11.8 Å². The van der Waals surface area contributed by atoms with Crippen molar-refractivity contribution in [3.63, 3.8) is 0 Å². The zero-order chi connectivity index (χ0) is 18.2. The van der Waals surface area contributed by atoms with Crippen molar-refractivity contribution in [2.45, 2.75) is 32.4 Å². The van der Waals surface area contributed by atoms with Crippen LogP contribution in [-0.4, -0.2) is 29.8 Å². The van der Waals surface area contributed by atoms with E-state index < -0.39 is 6.04 Å². The van der Waals surface area contributed by atoms with Gasteiger partial charge in [-0.25, -0.2) is 0 Å². The van der Waals surface area contributed by atoms with Crippen LogP contribution < -0.4 is 5.32 Å². The zero-order valence-corrected chi connectivity index (χ0v) is 15.3. The van der Waals surface area contributed by atoms with E-state index in [0.29, 0.717) is 24.4 Å². The molecule has 2 aromatic carbocycles. The van der Waals surface area contributed by atoms with Gasteiger partial charge in [0.25, 0.3) is 0 Å². The lowest BCUT2D eigenvalue weighted by Crippen LogP contribution is -2.46. The topological polar surface area (TPSA) is 49.4 Å². The van der Waals surface area contributed by atoms with E-state index in [4.69, 9.17) is 11.6 Å². The lowest BCUT2D eigenvalue weighted by atomic mass is 10.1. The van der Waals surface area contributed by atoms with Gasteiger partial charge in [-0.15, -0.1) is 0 Å². The van der Waals surface area contributed by atoms with Crippen LogP contribution in [0.2, 0.25) is 5.02 Å². The number of carbonyl (C=O) groups excluding carboxylic acids is 2. The van der Waals surface area contributed by atoms with Crippen LogP contribution in [0.1, 0.15) is 24.5 Å². The Morgan fingerprint density at radius 3 is 2.36 bits per heavy atom. The van der Waals surface area contributed by atoms with E-state index in [2.05, 4.69) is 5.32 Å². The highest BCUT2D eigenvalue weighted by molar-refractivity contribution is 6.31. The van der Waals surface area contributed by atoms with Gasteiger partial charge in [0.05, 0.1) is 0 Å². The standard InChI is InChI=1S/C20H23ClN2O2/c1-15(20(25)22-2)23(14-16-8-4-3-5-9-16)19(24)13-12-17-10-6-7-11-18(17)21/h3-11,15H,12-14H2,1-2H3,(H,22,25)/t15-/m1/s1. The van der Waals surface area contributed by atoms with Crippen molar-refractivity contribution in [1.82, 2.24) is 10.2 Å². The van der Waals surface area contributed by atoms with Crippen LogP contribution in [0.25, 0.3) is 0 Å². The van der Waals surface area contributed by atoms with Crippen LogP contribution in [0.5, 0.6) is 0 Å². The fraction of sp³-hybridized carbons (Fsp3) is 0.300.